The molecule has 2 N–H and O–H groups in total. The fourth-order valence-corrected chi connectivity index (χ4v) is 4.28. The molecular formula is C14H18ClNO4S. The maximum Gasteiger partial charge on any atom is 0.337 e. The number of hydrogen-bond acceptors (Lipinski definition) is 3. The molecule has 0 bridgehead atoms. The lowest BCUT2D eigenvalue weighted by molar-refractivity contribution is 0.0697. The Morgan fingerprint density at radius 1 is 1.43 bits per heavy atom. The van der Waals surface area contributed by atoms with E-state index in [0.29, 0.717) is 0 Å². The van der Waals surface area contributed by atoms with Crippen molar-refractivity contribution in [2.24, 2.45) is 5.41 Å². The molecular weight excluding hydrogens is 314 g/mol. The van der Waals surface area contributed by atoms with Crippen molar-refractivity contribution in [1.29, 1.82) is 0 Å². The van der Waals surface area contributed by atoms with E-state index in [1.54, 1.807) is 0 Å². The Labute approximate surface area is 129 Å². The van der Waals surface area contributed by atoms with Gasteiger partial charge in [-0.15, -0.1) is 0 Å². The smallest absolute Gasteiger partial charge is 0.337 e. The summed E-state index contributed by atoms with van der Waals surface area (Å²) in [6, 6.07) is 3.55. The molecule has 7 heteroatoms. The van der Waals surface area contributed by atoms with Gasteiger partial charge in [-0.2, -0.15) is 0 Å². The Hall–Kier alpha value is -1.11. The maximum absolute atomic E-state index is 12.3. The Kier molecular flexibility index (Phi) is 4.33. The Balaban J connectivity index is 2.20. The Morgan fingerprint density at radius 2 is 2.10 bits per heavy atom. The number of rotatable bonds is 4. The first-order valence-corrected chi connectivity index (χ1v) is 8.52. The third-order valence-corrected chi connectivity index (χ3v) is 5.60. The molecule has 0 heterocycles. The van der Waals surface area contributed by atoms with Gasteiger partial charge in [0.25, 0.3) is 0 Å². The van der Waals surface area contributed by atoms with E-state index in [-0.39, 0.29) is 26.9 Å². The molecule has 0 aliphatic heterocycles. The quantitative estimate of drug-likeness (QED) is 0.888. The van der Waals surface area contributed by atoms with Gasteiger partial charge in [0.15, 0.2) is 0 Å². The summed E-state index contributed by atoms with van der Waals surface area (Å²) in [6.45, 7) is 4.22. The predicted octanol–water partition coefficient (Wildman–Crippen LogP) is 2.90. The van der Waals surface area contributed by atoms with E-state index < -0.39 is 16.0 Å². The van der Waals surface area contributed by atoms with Crippen LogP contribution in [0.25, 0.3) is 0 Å². The van der Waals surface area contributed by atoms with Crippen LogP contribution in [0.3, 0.4) is 0 Å². The average molecular weight is 332 g/mol. The second-order valence-corrected chi connectivity index (χ2v) is 8.29. The van der Waals surface area contributed by atoms with E-state index >= 15 is 0 Å². The number of nitrogens with one attached hydrogen (secondary N) is 1. The highest BCUT2D eigenvalue weighted by Gasteiger charge is 2.33. The van der Waals surface area contributed by atoms with Crippen molar-refractivity contribution in [3.63, 3.8) is 0 Å². The second kappa shape index (κ2) is 5.59. The number of aromatic carboxylic acids is 1. The molecule has 1 unspecified atom stereocenters. The van der Waals surface area contributed by atoms with Crippen molar-refractivity contribution in [3.05, 3.63) is 28.8 Å². The fraction of sp³-hybridized carbons (Fsp3) is 0.500. The summed E-state index contributed by atoms with van der Waals surface area (Å²) in [5.74, 6) is -1.19. The van der Waals surface area contributed by atoms with Gasteiger partial charge in [-0.05, 0) is 42.9 Å². The van der Waals surface area contributed by atoms with Crippen LogP contribution in [0.5, 0.6) is 0 Å². The SMILES string of the molecule is CC1(C)CCC(NS(=O)(=O)c2ccc(C(=O)O)c(Cl)c2)C1. The summed E-state index contributed by atoms with van der Waals surface area (Å²) in [5.41, 5.74) is 0.0236. The molecule has 0 saturated heterocycles. The molecule has 2 rings (SSSR count). The molecule has 1 saturated carbocycles. The zero-order valence-corrected chi connectivity index (χ0v) is 13.5. The zero-order valence-electron chi connectivity index (χ0n) is 11.9. The summed E-state index contributed by atoms with van der Waals surface area (Å²) < 4.78 is 27.3. The maximum atomic E-state index is 12.3. The third-order valence-electron chi connectivity index (χ3n) is 3.77. The van der Waals surface area contributed by atoms with Crippen LogP contribution in [0.1, 0.15) is 43.5 Å². The first kappa shape index (κ1) is 16.3. The predicted molar refractivity (Wildman–Crippen MR) is 80.2 cm³/mol. The van der Waals surface area contributed by atoms with Crippen molar-refractivity contribution >= 4 is 27.6 Å². The molecule has 0 radical (unpaired) electrons. The lowest BCUT2D eigenvalue weighted by Gasteiger charge is -2.18. The lowest BCUT2D eigenvalue weighted by Crippen LogP contribution is -2.33. The first-order valence-electron chi connectivity index (χ1n) is 6.66. The topological polar surface area (TPSA) is 83.5 Å². The van der Waals surface area contributed by atoms with Crippen molar-refractivity contribution in [1.82, 2.24) is 4.72 Å². The number of carboxylic acids is 1. The van der Waals surface area contributed by atoms with Gasteiger partial charge in [-0.1, -0.05) is 25.4 Å². The first-order chi connectivity index (χ1) is 9.61. The van der Waals surface area contributed by atoms with Gasteiger partial charge in [-0.3, -0.25) is 0 Å². The normalized spacial score (nSPS) is 21.4. The minimum Gasteiger partial charge on any atom is -0.478 e. The highest BCUT2D eigenvalue weighted by Crippen LogP contribution is 2.37. The lowest BCUT2D eigenvalue weighted by atomic mass is 9.92. The molecule has 1 atom stereocenters. The van der Waals surface area contributed by atoms with Gasteiger partial charge in [0, 0.05) is 6.04 Å². The van der Waals surface area contributed by atoms with E-state index in [9.17, 15) is 13.2 Å². The average Bonchev–Trinajstić information content (AvgIpc) is 2.67. The number of carbonyl (C=O) groups is 1. The van der Waals surface area contributed by atoms with Gasteiger partial charge in [-0.25, -0.2) is 17.9 Å². The van der Waals surface area contributed by atoms with Crippen LogP contribution in [0, 0.1) is 5.41 Å². The summed E-state index contributed by atoms with van der Waals surface area (Å²) in [7, 11) is -3.69. The number of halogens is 1. The standard InChI is InChI=1S/C14H18ClNO4S/c1-14(2)6-5-9(8-14)16-21(19,20)10-3-4-11(13(17)18)12(15)7-10/h3-4,7,9,16H,5-6,8H2,1-2H3,(H,17,18). The van der Waals surface area contributed by atoms with E-state index in [1.807, 2.05) is 0 Å². The van der Waals surface area contributed by atoms with E-state index in [0.717, 1.165) is 19.3 Å². The molecule has 5 nitrogen and oxygen atoms in total. The fourth-order valence-electron chi connectivity index (χ4n) is 2.66. The van der Waals surface area contributed by atoms with Crippen LogP contribution >= 0.6 is 11.6 Å². The van der Waals surface area contributed by atoms with Crippen LogP contribution in [0.15, 0.2) is 23.1 Å². The summed E-state index contributed by atoms with van der Waals surface area (Å²) in [4.78, 5) is 10.9. The van der Waals surface area contributed by atoms with E-state index in [4.69, 9.17) is 16.7 Å². The second-order valence-electron chi connectivity index (χ2n) is 6.17. The molecule has 0 spiro atoms. The molecule has 1 aliphatic rings. The molecule has 1 aromatic carbocycles. The summed E-state index contributed by atoms with van der Waals surface area (Å²) in [5, 5.41) is 8.81. The van der Waals surface area contributed by atoms with Gasteiger partial charge in [0.05, 0.1) is 15.5 Å². The van der Waals surface area contributed by atoms with Crippen molar-refractivity contribution in [3.8, 4) is 0 Å². The number of sulfonamides is 1. The Bertz CT molecular complexity index is 670. The monoisotopic (exact) mass is 331 g/mol. The van der Waals surface area contributed by atoms with Gasteiger partial charge in [0.1, 0.15) is 0 Å². The van der Waals surface area contributed by atoms with Crippen LogP contribution in [0.4, 0.5) is 0 Å². The Morgan fingerprint density at radius 3 is 2.57 bits per heavy atom. The number of carboxylic acid groups (broad SMARTS) is 1. The highest BCUT2D eigenvalue weighted by atomic mass is 35.5. The molecule has 1 fully saturated rings. The van der Waals surface area contributed by atoms with Crippen molar-refractivity contribution in [2.75, 3.05) is 0 Å². The zero-order chi connectivity index (χ0) is 15.8. The minimum atomic E-state index is -3.69. The molecule has 21 heavy (non-hydrogen) atoms. The van der Waals surface area contributed by atoms with Crippen LogP contribution in [0.2, 0.25) is 5.02 Å². The van der Waals surface area contributed by atoms with Crippen molar-refractivity contribution < 1.29 is 18.3 Å². The molecule has 0 aromatic heterocycles. The largest absolute Gasteiger partial charge is 0.478 e. The molecule has 1 aromatic rings. The van der Waals surface area contributed by atoms with Crippen LogP contribution in [-0.2, 0) is 10.0 Å². The van der Waals surface area contributed by atoms with E-state index in [1.165, 1.54) is 18.2 Å². The van der Waals surface area contributed by atoms with Gasteiger partial charge in [0.2, 0.25) is 10.0 Å². The molecule has 116 valence electrons. The highest BCUT2D eigenvalue weighted by molar-refractivity contribution is 7.89. The minimum absolute atomic E-state index is 0.0118. The third kappa shape index (κ3) is 3.75. The number of hydrogen-bond donors (Lipinski definition) is 2. The molecule has 0 amide bonds. The number of benzene rings is 1. The van der Waals surface area contributed by atoms with Gasteiger partial charge >= 0.3 is 5.97 Å². The summed E-state index contributed by atoms with van der Waals surface area (Å²) >= 11 is 5.82. The molecule has 1 aliphatic carbocycles. The van der Waals surface area contributed by atoms with E-state index in [2.05, 4.69) is 18.6 Å². The van der Waals surface area contributed by atoms with Crippen LogP contribution in [-0.4, -0.2) is 25.5 Å². The van der Waals surface area contributed by atoms with Crippen molar-refractivity contribution in [2.45, 2.75) is 44.0 Å². The van der Waals surface area contributed by atoms with Gasteiger partial charge < -0.3 is 5.11 Å². The van der Waals surface area contributed by atoms with Crippen LogP contribution < -0.4 is 4.72 Å². The summed E-state index contributed by atoms with van der Waals surface area (Å²) in [6.07, 6.45) is 2.55.